The molecule has 7 heteroatoms. The van der Waals surface area contributed by atoms with Gasteiger partial charge in [-0.15, -0.1) is 10.2 Å². The molecule has 0 saturated heterocycles. The summed E-state index contributed by atoms with van der Waals surface area (Å²) in [6, 6.07) is 24.4. The van der Waals surface area contributed by atoms with E-state index in [9.17, 15) is 14.7 Å². The Morgan fingerprint density at radius 3 is 2.14 bits per heavy atom. The van der Waals surface area contributed by atoms with Gasteiger partial charge in [-0.05, 0) is 18.2 Å². The van der Waals surface area contributed by atoms with Crippen LogP contribution in [0.3, 0.4) is 0 Å². The molecule has 29 heavy (non-hydrogen) atoms. The van der Waals surface area contributed by atoms with E-state index in [4.69, 9.17) is 0 Å². The molecule has 1 aromatic heterocycles. The second-order valence-corrected chi connectivity index (χ2v) is 6.18. The lowest BCUT2D eigenvalue weighted by molar-refractivity contribution is -0.254. The van der Waals surface area contributed by atoms with Crippen LogP contribution in [0.25, 0.3) is 16.9 Å². The topological polar surface area (TPSA) is 103 Å². The van der Waals surface area contributed by atoms with Crippen LogP contribution in [0.1, 0.15) is 10.4 Å². The first-order valence-corrected chi connectivity index (χ1v) is 8.83. The number of nitrogens with zero attached hydrogens (tertiary/aromatic N) is 3. The number of para-hydroxylation sites is 1. The van der Waals surface area contributed by atoms with Crippen LogP contribution in [0.15, 0.2) is 100.0 Å². The van der Waals surface area contributed by atoms with E-state index >= 15 is 0 Å². The number of hydrogen-bond acceptors (Lipinski definition) is 5. The minimum Gasteiger partial charge on any atom is -0.545 e. The number of carboxylic acids is 1. The molecule has 0 amide bonds. The molecular formula is C22H15N4O3-. The second kappa shape index (κ2) is 7.77. The lowest BCUT2D eigenvalue weighted by atomic mass is 10.1. The number of nitrogens with one attached hydrogen (secondary N) is 1. The largest absolute Gasteiger partial charge is 0.545 e. The Bertz CT molecular complexity index is 1240. The molecule has 0 fully saturated rings. The number of aromatic carboxylic acids is 1. The zero-order chi connectivity index (χ0) is 20.2. The Morgan fingerprint density at radius 1 is 0.828 bits per heavy atom. The molecule has 4 aromatic rings. The number of carbonyl (C=O) groups is 1. The van der Waals surface area contributed by atoms with Crippen molar-refractivity contribution >= 4 is 17.3 Å². The van der Waals surface area contributed by atoms with Crippen LogP contribution in [-0.2, 0) is 0 Å². The van der Waals surface area contributed by atoms with Crippen LogP contribution in [-0.4, -0.2) is 15.7 Å². The number of carboxylic acid groups (broad SMARTS) is 1. The molecule has 142 valence electrons. The molecule has 7 nitrogen and oxygen atoms in total. The van der Waals surface area contributed by atoms with Gasteiger partial charge < -0.3 is 9.90 Å². The lowest BCUT2D eigenvalue weighted by Gasteiger charge is -2.04. The molecule has 0 spiro atoms. The summed E-state index contributed by atoms with van der Waals surface area (Å²) < 4.78 is 1.38. The van der Waals surface area contributed by atoms with Crippen molar-refractivity contribution in [1.29, 1.82) is 0 Å². The number of benzene rings is 3. The summed E-state index contributed by atoms with van der Waals surface area (Å²) in [5.74, 6) is -1.36. The van der Waals surface area contributed by atoms with Crippen LogP contribution in [0.2, 0.25) is 0 Å². The molecule has 0 bridgehead atoms. The predicted octanol–water partition coefficient (Wildman–Crippen LogP) is 3.61. The molecule has 0 aliphatic carbocycles. The van der Waals surface area contributed by atoms with E-state index in [1.165, 1.54) is 16.8 Å². The van der Waals surface area contributed by atoms with Gasteiger partial charge in [0.15, 0.2) is 5.69 Å². The molecule has 0 aliphatic rings. The summed E-state index contributed by atoms with van der Waals surface area (Å²) in [7, 11) is 0. The summed E-state index contributed by atoms with van der Waals surface area (Å²) >= 11 is 0. The Hall–Kier alpha value is -4.26. The average Bonchev–Trinajstić information content (AvgIpc) is 3.10. The molecule has 0 saturated carbocycles. The summed E-state index contributed by atoms with van der Waals surface area (Å²) in [6.45, 7) is 0. The van der Waals surface area contributed by atoms with E-state index < -0.39 is 11.5 Å². The number of H-pyrrole nitrogens is 1. The Morgan fingerprint density at radius 2 is 1.45 bits per heavy atom. The van der Waals surface area contributed by atoms with Gasteiger partial charge in [0, 0.05) is 11.1 Å². The van der Waals surface area contributed by atoms with Crippen molar-refractivity contribution in [2.45, 2.75) is 0 Å². The lowest BCUT2D eigenvalue weighted by Crippen LogP contribution is -2.22. The van der Waals surface area contributed by atoms with E-state index in [0.29, 0.717) is 11.4 Å². The van der Waals surface area contributed by atoms with E-state index in [2.05, 4.69) is 15.3 Å². The second-order valence-electron chi connectivity index (χ2n) is 6.18. The molecule has 0 atom stereocenters. The highest BCUT2D eigenvalue weighted by Crippen LogP contribution is 2.28. The van der Waals surface area contributed by atoms with E-state index in [-0.39, 0.29) is 16.9 Å². The van der Waals surface area contributed by atoms with Crippen molar-refractivity contribution in [2.75, 3.05) is 0 Å². The predicted molar refractivity (Wildman–Crippen MR) is 107 cm³/mol. The summed E-state index contributed by atoms with van der Waals surface area (Å²) in [5.41, 5.74) is 1.56. The van der Waals surface area contributed by atoms with Crippen molar-refractivity contribution in [3.63, 3.8) is 0 Å². The van der Waals surface area contributed by atoms with Crippen LogP contribution >= 0.6 is 0 Å². The number of aromatic nitrogens is 2. The number of hydrogen-bond donors (Lipinski definition) is 1. The van der Waals surface area contributed by atoms with Gasteiger partial charge in [-0.1, -0.05) is 66.7 Å². The maximum absolute atomic E-state index is 13.1. The van der Waals surface area contributed by atoms with Gasteiger partial charge in [0.1, 0.15) is 0 Å². The van der Waals surface area contributed by atoms with E-state index in [1.54, 1.807) is 24.3 Å². The van der Waals surface area contributed by atoms with Crippen molar-refractivity contribution in [1.82, 2.24) is 9.78 Å². The third-order valence-corrected chi connectivity index (χ3v) is 4.32. The van der Waals surface area contributed by atoms with Crippen molar-refractivity contribution in [3.05, 3.63) is 101 Å². The molecule has 0 radical (unpaired) electrons. The van der Waals surface area contributed by atoms with Gasteiger partial charge in [0.25, 0.3) is 5.56 Å². The number of rotatable bonds is 5. The standard InChI is InChI=1S/C22H16N4O3/c27-21-20(24-23-18-14-8-7-13-17(18)22(28)29)19(15-9-3-1-4-10-15)25-26(21)16-11-5-2-6-12-16/h1-14,25H,(H,28,29)/p-1. The molecule has 3 aromatic carbocycles. The highest BCUT2D eigenvalue weighted by Gasteiger charge is 2.17. The highest BCUT2D eigenvalue weighted by atomic mass is 16.4. The van der Waals surface area contributed by atoms with Gasteiger partial charge in [-0.3, -0.25) is 9.89 Å². The van der Waals surface area contributed by atoms with E-state index in [1.807, 2.05) is 48.5 Å². The first-order valence-electron chi connectivity index (χ1n) is 8.83. The zero-order valence-electron chi connectivity index (χ0n) is 15.1. The van der Waals surface area contributed by atoms with Crippen molar-refractivity contribution < 1.29 is 9.90 Å². The van der Waals surface area contributed by atoms with Gasteiger partial charge in [0.05, 0.1) is 23.0 Å². The third-order valence-electron chi connectivity index (χ3n) is 4.32. The monoisotopic (exact) mass is 383 g/mol. The van der Waals surface area contributed by atoms with Gasteiger partial charge in [-0.25, -0.2) is 4.68 Å². The Balaban J connectivity index is 1.88. The van der Waals surface area contributed by atoms with Crippen LogP contribution in [0.5, 0.6) is 0 Å². The molecule has 0 unspecified atom stereocenters. The minimum absolute atomic E-state index is 0.0770. The maximum atomic E-state index is 13.1. The van der Waals surface area contributed by atoms with Crippen LogP contribution < -0.4 is 10.7 Å². The minimum atomic E-state index is -1.36. The quantitative estimate of drug-likeness (QED) is 0.532. The maximum Gasteiger partial charge on any atom is 0.299 e. The number of aromatic amines is 1. The van der Waals surface area contributed by atoms with Crippen molar-refractivity contribution in [3.8, 4) is 16.9 Å². The molecular weight excluding hydrogens is 368 g/mol. The molecule has 1 heterocycles. The fourth-order valence-corrected chi connectivity index (χ4v) is 2.92. The van der Waals surface area contributed by atoms with Crippen molar-refractivity contribution in [2.24, 2.45) is 10.2 Å². The number of carbonyl (C=O) groups excluding carboxylic acids is 1. The molecule has 0 aliphatic heterocycles. The normalized spacial score (nSPS) is 11.0. The first-order chi connectivity index (χ1) is 14.1. The van der Waals surface area contributed by atoms with Crippen LogP contribution in [0, 0.1) is 0 Å². The summed E-state index contributed by atoms with van der Waals surface area (Å²) in [4.78, 5) is 24.3. The van der Waals surface area contributed by atoms with Crippen LogP contribution in [0.4, 0.5) is 11.4 Å². The smallest absolute Gasteiger partial charge is 0.299 e. The summed E-state index contributed by atoms with van der Waals surface area (Å²) in [6.07, 6.45) is 0. The highest BCUT2D eigenvalue weighted by molar-refractivity contribution is 5.91. The zero-order valence-corrected chi connectivity index (χ0v) is 15.1. The SMILES string of the molecule is O=C([O-])c1ccccc1N=Nc1c(-c2ccccc2)[nH]n(-c2ccccc2)c1=O. The first kappa shape index (κ1) is 18.1. The fraction of sp³-hybridized carbons (Fsp3) is 0. The van der Waals surface area contributed by atoms with E-state index in [0.717, 1.165) is 5.56 Å². The fourth-order valence-electron chi connectivity index (χ4n) is 2.92. The Kier molecular flexibility index (Phi) is 4.86. The summed E-state index contributed by atoms with van der Waals surface area (Å²) in [5, 5.41) is 22.5. The average molecular weight is 383 g/mol. The number of azo groups is 1. The third kappa shape index (κ3) is 3.61. The molecule has 4 rings (SSSR count). The van der Waals surface area contributed by atoms with Gasteiger partial charge in [-0.2, -0.15) is 0 Å². The Labute approximate surface area is 165 Å². The molecule has 1 N–H and O–H groups in total. The van der Waals surface area contributed by atoms with Gasteiger partial charge in [0.2, 0.25) is 0 Å². The van der Waals surface area contributed by atoms with Gasteiger partial charge >= 0.3 is 0 Å².